The predicted molar refractivity (Wildman–Crippen MR) is 99.2 cm³/mol. The van der Waals surface area contributed by atoms with E-state index in [0.29, 0.717) is 11.3 Å². The number of benzene rings is 2. The minimum absolute atomic E-state index is 0.0156. The molecule has 1 heterocycles. The van der Waals surface area contributed by atoms with E-state index >= 15 is 0 Å². The van der Waals surface area contributed by atoms with E-state index in [4.69, 9.17) is 4.74 Å². The molecule has 24 heavy (non-hydrogen) atoms. The Balaban J connectivity index is 1.83. The summed E-state index contributed by atoms with van der Waals surface area (Å²) in [7, 11) is 0. The fraction of sp³-hybridized carbons (Fsp3) is 0.150. The van der Waals surface area contributed by atoms with Gasteiger partial charge in [0.2, 0.25) is 5.78 Å². The van der Waals surface area contributed by atoms with E-state index in [1.54, 1.807) is 0 Å². The fourth-order valence-electron chi connectivity index (χ4n) is 2.80. The number of hydrogen-bond donors (Lipinski definition) is 0. The fourth-order valence-corrected chi connectivity index (χ4v) is 3.20. The zero-order valence-electron chi connectivity index (χ0n) is 13.6. The van der Waals surface area contributed by atoms with Crippen LogP contribution in [-0.2, 0) is 0 Å². The number of para-hydroxylation sites is 2. The molecule has 3 nitrogen and oxygen atoms in total. The standard InChI is InChI=1S/C20H18BrNO2/c1-14-12-17(15(2)22(14)16-8-4-3-5-9-16)19(23)13-24-20-11-7-6-10-18(20)21/h3-12H,13H2,1-2H3. The summed E-state index contributed by atoms with van der Waals surface area (Å²) in [5, 5.41) is 0. The lowest BCUT2D eigenvalue weighted by atomic mass is 10.1. The van der Waals surface area contributed by atoms with Gasteiger partial charge in [-0.3, -0.25) is 4.79 Å². The second-order valence-electron chi connectivity index (χ2n) is 5.60. The van der Waals surface area contributed by atoms with Gasteiger partial charge in [-0.05, 0) is 60.1 Å². The molecule has 0 unspecified atom stereocenters. The Morgan fingerprint density at radius 2 is 1.71 bits per heavy atom. The smallest absolute Gasteiger partial charge is 0.202 e. The van der Waals surface area contributed by atoms with Crippen molar-refractivity contribution in [2.45, 2.75) is 13.8 Å². The van der Waals surface area contributed by atoms with E-state index in [9.17, 15) is 4.79 Å². The third-order valence-corrected chi connectivity index (χ3v) is 4.60. The van der Waals surface area contributed by atoms with E-state index in [1.807, 2.05) is 74.5 Å². The zero-order chi connectivity index (χ0) is 17.1. The number of carbonyl (C=O) groups is 1. The largest absolute Gasteiger partial charge is 0.484 e. The number of rotatable bonds is 5. The Bertz CT molecular complexity index is 869. The van der Waals surface area contributed by atoms with Crippen molar-refractivity contribution in [1.29, 1.82) is 0 Å². The molecular weight excluding hydrogens is 366 g/mol. The molecule has 0 saturated carbocycles. The Kier molecular flexibility index (Phi) is 4.86. The Morgan fingerprint density at radius 1 is 1.04 bits per heavy atom. The van der Waals surface area contributed by atoms with Crippen LogP contribution in [0, 0.1) is 13.8 Å². The van der Waals surface area contributed by atoms with Crippen molar-refractivity contribution < 1.29 is 9.53 Å². The quantitative estimate of drug-likeness (QED) is 0.572. The van der Waals surface area contributed by atoms with E-state index in [0.717, 1.165) is 21.5 Å². The Labute approximate surface area is 150 Å². The van der Waals surface area contributed by atoms with Crippen molar-refractivity contribution in [1.82, 2.24) is 4.57 Å². The molecule has 2 aromatic carbocycles. The van der Waals surface area contributed by atoms with Crippen LogP contribution in [-0.4, -0.2) is 17.0 Å². The average Bonchev–Trinajstić information content (AvgIpc) is 2.89. The van der Waals surface area contributed by atoms with Gasteiger partial charge in [0.25, 0.3) is 0 Å². The zero-order valence-corrected chi connectivity index (χ0v) is 15.2. The van der Waals surface area contributed by atoms with Gasteiger partial charge < -0.3 is 9.30 Å². The molecule has 0 aliphatic rings. The molecule has 1 aromatic heterocycles. The van der Waals surface area contributed by atoms with Crippen LogP contribution in [0.4, 0.5) is 0 Å². The van der Waals surface area contributed by atoms with Crippen LogP contribution in [0.1, 0.15) is 21.7 Å². The van der Waals surface area contributed by atoms with Crippen LogP contribution in [0.25, 0.3) is 5.69 Å². The lowest BCUT2D eigenvalue weighted by Crippen LogP contribution is -2.13. The van der Waals surface area contributed by atoms with Crippen LogP contribution in [0.3, 0.4) is 0 Å². The molecule has 0 aliphatic heterocycles. The van der Waals surface area contributed by atoms with E-state index in [-0.39, 0.29) is 12.4 Å². The third kappa shape index (κ3) is 3.29. The van der Waals surface area contributed by atoms with Gasteiger partial charge in [-0.2, -0.15) is 0 Å². The maximum Gasteiger partial charge on any atom is 0.202 e. The summed E-state index contributed by atoms with van der Waals surface area (Å²) in [4.78, 5) is 12.6. The second-order valence-corrected chi connectivity index (χ2v) is 6.45. The number of Topliss-reactive ketones (excluding diaryl/α,β-unsaturated/α-hetero) is 1. The van der Waals surface area contributed by atoms with E-state index in [2.05, 4.69) is 20.5 Å². The van der Waals surface area contributed by atoms with Gasteiger partial charge in [-0.25, -0.2) is 0 Å². The molecule has 0 aliphatic carbocycles. The highest BCUT2D eigenvalue weighted by molar-refractivity contribution is 9.10. The minimum atomic E-state index is -0.0268. The summed E-state index contributed by atoms with van der Waals surface area (Å²) in [6, 6.07) is 19.5. The molecular formula is C20H18BrNO2. The second kappa shape index (κ2) is 7.05. The molecule has 0 bridgehead atoms. The minimum Gasteiger partial charge on any atom is -0.484 e. The molecule has 3 aromatic rings. The summed E-state index contributed by atoms with van der Waals surface area (Å²) < 4.78 is 8.59. The first-order chi connectivity index (χ1) is 11.6. The van der Waals surface area contributed by atoms with E-state index < -0.39 is 0 Å². The molecule has 0 N–H and O–H groups in total. The lowest BCUT2D eigenvalue weighted by molar-refractivity contribution is 0.0920. The van der Waals surface area contributed by atoms with Crippen LogP contribution in [0.2, 0.25) is 0 Å². The van der Waals surface area contributed by atoms with Crippen LogP contribution in [0.5, 0.6) is 5.75 Å². The SMILES string of the molecule is Cc1cc(C(=O)COc2ccccc2Br)c(C)n1-c1ccccc1. The number of hydrogen-bond acceptors (Lipinski definition) is 2. The van der Waals surface area contributed by atoms with Gasteiger partial charge in [0, 0.05) is 22.6 Å². The number of ether oxygens (including phenoxy) is 1. The molecule has 0 spiro atoms. The summed E-state index contributed by atoms with van der Waals surface area (Å²) in [6.45, 7) is 3.98. The lowest BCUT2D eigenvalue weighted by Gasteiger charge is -2.10. The van der Waals surface area contributed by atoms with Crippen molar-refractivity contribution in [3.8, 4) is 11.4 Å². The summed E-state index contributed by atoms with van der Waals surface area (Å²) in [6.07, 6.45) is 0. The summed E-state index contributed by atoms with van der Waals surface area (Å²) in [5.74, 6) is 0.642. The van der Waals surface area contributed by atoms with Crippen molar-refractivity contribution in [2.75, 3.05) is 6.61 Å². The normalized spacial score (nSPS) is 10.6. The highest BCUT2D eigenvalue weighted by atomic mass is 79.9. The molecule has 3 rings (SSSR count). The van der Waals surface area contributed by atoms with Crippen LogP contribution in [0.15, 0.2) is 65.1 Å². The maximum absolute atomic E-state index is 12.6. The molecule has 122 valence electrons. The van der Waals surface area contributed by atoms with E-state index in [1.165, 1.54) is 0 Å². The third-order valence-electron chi connectivity index (χ3n) is 3.94. The van der Waals surface area contributed by atoms with Gasteiger partial charge in [0.05, 0.1) is 4.47 Å². The van der Waals surface area contributed by atoms with Crippen molar-refractivity contribution >= 4 is 21.7 Å². The first-order valence-corrected chi connectivity index (χ1v) is 8.52. The topological polar surface area (TPSA) is 31.2 Å². The number of aryl methyl sites for hydroxylation is 1. The monoisotopic (exact) mass is 383 g/mol. The molecule has 0 amide bonds. The molecule has 0 radical (unpaired) electrons. The van der Waals surface area contributed by atoms with Crippen molar-refractivity contribution in [2.24, 2.45) is 0 Å². The maximum atomic E-state index is 12.6. The van der Waals surface area contributed by atoms with Crippen LogP contribution < -0.4 is 4.74 Å². The van der Waals surface area contributed by atoms with Crippen molar-refractivity contribution in [3.05, 3.63) is 82.1 Å². The van der Waals surface area contributed by atoms with Gasteiger partial charge in [0.15, 0.2) is 6.61 Å². The summed E-state index contributed by atoms with van der Waals surface area (Å²) in [5.41, 5.74) is 3.71. The predicted octanol–water partition coefficient (Wildman–Crippen LogP) is 5.12. The molecule has 4 heteroatoms. The van der Waals surface area contributed by atoms with Crippen molar-refractivity contribution in [3.63, 3.8) is 0 Å². The number of halogens is 1. The number of aromatic nitrogens is 1. The number of nitrogens with zero attached hydrogens (tertiary/aromatic N) is 1. The highest BCUT2D eigenvalue weighted by Crippen LogP contribution is 2.25. The van der Waals surface area contributed by atoms with Gasteiger partial charge in [-0.1, -0.05) is 30.3 Å². The number of ketones is 1. The first kappa shape index (κ1) is 16.5. The van der Waals surface area contributed by atoms with Gasteiger partial charge in [0.1, 0.15) is 5.75 Å². The first-order valence-electron chi connectivity index (χ1n) is 7.73. The number of carbonyl (C=O) groups excluding carboxylic acids is 1. The molecule has 0 fully saturated rings. The molecule has 0 atom stereocenters. The van der Waals surface area contributed by atoms with Crippen LogP contribution >= 0.6 is 15.9 Å². The average molecular weight is 384 g/mol. The summed E-state index contributed by atoms with van der Waals surface area (Å²) >= 11 is 3.42. The van der Waals surface area contributed by atoms with Gasteiger partial charge >= 0.3 is 0 Å². The Hall–Kier alpha value is -2.33. The van der Waals surface area contributed by atoms with Gasteiger partial charge in [-0.15, -0.1) is 0 Å². The molecule has 0 saturated heterocycles. The Morgan fingerprint density at radius 3 is 2.42 bits per heavy atom. The highest BCUT2D eigenvalue weighted by Gasteiger charge is 2.17.